The number of esters is 1. The van der Waals surface area contributed by atoms with Gasteiger partial charge in [-0.3, -0.25) is 0 Å². The number of hydrogen-bond acceptors (Lipinski definition) is 4. The molecule has 4 heteroatoms. The molecule has 0 fully saturated rings. The summed E-state index contributed by atoms with van der Waals surface area (Å²) in [6.45, 7) is 3.89. The first-order valence-corrected chi connectivity index (χ1v) is 6.52. The Morgan fingerprint density at radius 3 is 2.65 bits per heavy atom. The molecule has 0 saturated heterocycles. The Hall–Kier alpha value is -2.54. The molecule has 0 heterocycles. The highest BCUT2D eigenvalue weighted by Gasteiger charge is 2.15. The maximum atomic E-state index is 11.7. The molecule has 2 rings (SSSR count). The van der Waals surface area contributed by atoms with E-state index in [1.54, 1.807) is 19.9 Å². The van der Waals surface area contributed by atoms with Crippen LogP contribution in [0.3, 0.4) is 0 Å². The van der Waals surface area contributed by atoms with Crippen molar-refractivity contribution in [2.24, 2.45) is 0 Å². The average Bonchev–Trinajstić information content (AvgIpc) is 2.47. The molecule has 0 aliphatic carbocycles. The van der Waals surface area contributed by atoms with E-state index < -0.39 is 6.04 Å². The predicted octanol–water partition coefficient (Wildman–Crippen LogP) is 3.07. The molecule has 20 heavy (non-hydrogen) atoms. The molecule has 2 aromatic rings. The molecule has 2 aromatic carbocycles. The van der Waals surface area contributed by atoms with Crippen LogP contribution in [0, 0.1) is 11.3 Å². The minimum absolute atomic E-state index is 0.291. The van der Waals surface area contributed by atoms with Gasteiger partial charge >= 0.3 is 5.97 Å². The summed E-state index contributed by atoms with van der Waals surface area (Å²) < 4.78 is 4.98. The van der Waals surface area contributed by atoms with Gasteiger partial charge in [-0.25, -0.2) is 4.79 Å². The number of carbonyl (C=O) groups is 1. The van der Waals surface area contributed by atoms with Crippen molar-refractivity contribution in [3.8, 4) is 6.07 Å². The van der Waals surface area contributed by atoms with Gasteiger partial charge in [0.1, 0.15) is 6.04 Å². The van der Waals surface area contributed by atoms with E-state index in [0.717, 1.165) is 16.5 Å². The number of hydrogen-bond donors (Lipinski definition) is 1. The fraction of sp³-hybridized carbons (Fsp3) is 0.250. The van der Waals surface area contributed by atoms with Crippen molar-refractivity contribution in [1.82, 2.24) is 0 Å². The molecule has 102 valence electrons. The number of carbonyl (C=O) groups excluding carboxylic acids is 1. The number of ether oxygens (including phenoxy) is 1. The largest absolute Gasteiger partial charge is 0.464 e. The topological polar surface area (TPSA) is 62.1 Å². The molecule has 0 saturated carbocycles. The van der Waals surface area contributed by atoms with Crippen LogP contribution in [0.5, 0.6) is 0 Å². The third-order valence-corrected chi connectivity index (χ3v) is 3.06. The van der Waals surface area contributed by atoms with Crippen molar-refractivity contribution in [3.05, 3.63) is 42.0 Å². The molecular weight excluding hydrogens is 252 g/mol. The third kappa shape index (κ3) is 2.72. The summed E-state index contributed by atoms with van der Waals surface area (Å²) in [6.07, 6.45) is 0. The highest BCUT2D eigenvalue weighted by atomic mass is 16.5. The van der Waals surface area contributed by atoms with Crippen LogP contribution in [0.4, 0.5) is 5.69 Å². The Labute approximate surface area is 118 Å². The van der Waals surface area contributed by atoms with Crippen molar-refractivity contribution in [2.45, 2.75) is 19.9 Å². The van der Waals surface area contributed by atoms with Crippen LogP contribution in [-0.2, 0) is 9.53 Å². The lowest BCUT2D eigenvalue weighted by atomic mass is 10.0. The number of anilines is 1. The van der Waals surface area contributed by atoms with Gasteiger partial charge in [0.15, 0.2) is 0 Å². The zero-order valence-electron chi connectivity index (χ0n) is 11.5. The molecule has 0 aliphatic heterocycles. The monoisotopic (exact) mass is 268 g/mol. The molecule has 4 nitrogen and oxygen atoms in total. The third-order valence-electron chi connectivity index (χ3n) is 3.06. The zero-order chi connectivity index (χ0) is 14.5. The minimum Gasteiger partial charge on any atom is -0.464 e. The first kappa shape index (κ1) is 13.9. The molecule has 0 aliphatic rings. The molecule has 1 N–H and O–H groups in total. The summed E-state index contributed by atoms with van der Waals surface area (Å²) in [4.78, 5) is 11.7. The first-order valence-electron chi connectivity index (χ1n) is 6.52. The Balaban J connectivity index is 2.37. The highest BCUT2D eigenvalue weighted by Crippen LogP contribution is 2.26. The van der Waals surface area contributed by atoms with Gasteiger partial charge in [0.2, 0.25) is 0 Å². The van der Waals surface area contributed by atoms with Crippen LogP contribution in [0.15, 0.2) is 36.4 Å². The van der Waals surface area contributed by atoms with Crippen LogP contribution in [0.2, 0.25) is 0 Å². The van der Waals surface area contributed by atoms with Crippen LogP contribution in [0.1, 0.15) is 19.4 Å². The Kier molecular flexibility index (Phi) is 4.21. The van der Waals surface area contributed by atoms with E-state index in [-0.39, 0.29) is 5.97 Å². The number of rotatable bonds is 4. The summed E-state index contributed by atoms with van der Waals surface area (Å²) in [5.74, 6) is -0.291. The second-order valence-electron chi connectivity index (χ2n) is 4.44. The summed E-state index contributed by atoms with van der Waals surface area (Å²) in [6, 6.07) is 12.9. The zero-order valence-corrected chi connectivity index (χ0v) is 11.5. The van der Waals surface area contributed by atoms with Crippen molar-refractivity contribution >= 4 is 22.4 Å². The lowest BCUT2D eigenvalue weighted by Gasteiger charge is -2.16. The summed E-state index contributed by atoms with van der Waals surface area (Å²) in [5.41, 5.74) is 1.44. The van der Waals surface area contributed by atoms with Gasteiger partial charge in [-0.05, 0) is 26.0 Å². The van der Waals surface area contributed by atoms with Crippen LogP contribution >= 0.6 is 0 Å². The highest BCUT2D eigenvalue weighted by molar-refractivity contribution is 5.98. The van der Waals surface area contributed by atoms with E-state index >= 15 is 0 Å². The lowest BCUT2D eigenvalue weighted by Crippen LogP contribution is -2.28. The summed E-state index contributed by atoms with van der Waals surface area (Å²) in [5, 5.41) is 14.0. The second-order valence-corrected chi connectivity index (χ2v) is 4.44. The number of nitrogens with zero attached hydrogens (tertiary/aromatic N) is 1. The molecule has 1 atom stereocenters. The number of nitriles is 1. The molecular formula is C16H16N2O2. The van der Waals surface area contributed by atoms with Gasteiger partial charge in [0.25, 0.3) is 0 Å². The van der Waals surface area contributed by atoms with E-state index in [9.17, 15) is 4.79 Å². The average molecular weight is 268 g/mol. The molecule has 0 radical (unpaired) electrons. The summed E-state index contributed by atoms with van der Waals surface area (Å²) in [7, 11) is 0. The first-order chi connectivity index (χ1) is 9.67. The normalized spacial score (nSPS) is 11.7. The number of benzene rings is 2. The maximum absolute atomic E-state index is 11.7. The molecule has 0 bridgehead atoms. The van der Waals surface area contributed by atoms with Gasteiger partial charge in [-0.2, -0.15) is 5.26 Å². The minimum atomic E-state index is -0.439. The van der Waals surface area contributed by atoms with Crippen molar-refractivity contribution in [1.29, 1.82) is 5.26 Å². The summed E-state index contributed by atoms with van der Waals surface area (Å²) >= 11 is 0. The van der Waals surface area contributed by atoms with Crippen molar-refractivity contribution in [3.63, 3.8) is 0 Å². The van der Waals surface area contributed by atoms with E-state index in [1.165, 1.54) is 0 Å². The lowest BCUT2D eigenvalue weighted by molar-refractivity contribution is -0.143. The van der Waals surface area contributed by atoms with Gasteiger partial charge < -0.3 is 10.1 Å². The van der Waals surface area contributed by atoms with Crippen molar-refractivity contribution in [2.75, 3.05) is 11.9 Å². The number of fused-ring (bicyclic) bond motifs is 1. The van der Waals surface area contributed by atoms with E-state index in [4.69, 9.17) is 10.00 Å². The second kappa shape index (κ2) is 6.07. The standard InChI is InChI=1S/C16H16N2O2/c1-3-20-16(19)11(2)18-15-9-8-12(10-17)13-6-4-5-7-14(13)15/h4-9,11,18H,3H2,1-2H3. The number of nitrogens with one attached hydrogen (secondary N) is 1. The Morgan fingerprint density at radius 2 is 2.00 bits per heavy atom. The predicted molar refractivity (Wildman–Crippen MR) is 78.4 cm³/mol. The van der Waals surface area contributed by atoms with E-state index in [2.05, 4.69) is 11.4 Å². The Morgan fingerprint density at radius 1 is 1.30 bits per heavy atom. The van der Waals surface area contributed by atoms with Crippen LogP contribution in [0.25, 0.3) is 10.8 Å². The van der Waals surface area contributed by atoms with Crippen molar-refractivity contribution < 1.29 is 9.53 Å². The quantitative estimate of drug-likeness (QED) is 0.866. The van der Waals surface area contributed by atoms with E-state index in [0.29, 0.717) is 12.2 Å². The SMILES string of the molecule is CCOC(=O)C(C)Nc1ccc(C#N)c2ccccc12. The molecule has 0 aromatic heterocycles. The molecule has 0 amide bonds. The van der Waals surface area contributed by atoms with Crippen LogP contribution in [-0.4, -0.2) is 18.6 Å². The Bertz CT molecular complexity index is 674. The van der Waals surface area contributed by atoms with Gasteiger partial charge in [-0.15, -0.1) is 0 Å². The molecule has 1 unspecified atom stereocenters. The van der Waals surface area contributed by atoms with Gasteiger partial charge in [0, 0.05) is 16.5 Å². The van der Waals surface area contributed by atoms with Gasteiger partial charge in [-0.1, -0.05) is 24.3 Å². The van der Waals surface area contributed by atoms with Crippen LogP contribution < -0.4 is 5.32 Å². The van der Waals surface area contributed by atoms with E-state index in [1.807, 2.05) is 30.3 Å². The molecule has 0 spiro atoms. The fourth-order valence-electron chi connectivity index (χ4n) is 2.08. The maximum Gasteiger partial charge on any atom is 0.328 e. The smallest absolute Gasteiger partial charge is 0.328 e. The van der Waals surface area contributed by atoms with Gasteiger partial charge in [0.05, 0.1) is 18.2 Å². The fourth-order valence-corrected chi connectivity index (χ4v) is 2.08.